The molecule has 1 aromatic heterocycles. The van der Waals surface area contributed by atoms with Crippen molar-refractivity contribution in [2.75, 3.05) is 0 Å². The first-order chi connectivity index (χ1) is 8.00. The third-order valence-corrected chi connectivity index (χ3v) is 2.21. The van der Waals surface area contributed by atoms with Crippen LogP contribution in [-0.2, 0) is 7.05 Å². The van der Waals surface area contributed by atoms with Crippen LogP contribution >= 0.6 is 0 Å². The molecule has 0 atom stereocenters. The molecule has 0 fully saturated rings. The second-order valence-electron chi connectivity index (χ2n) is 3.38. The fourth-order valence-corrected chi connectivity index (χ4v) is 1.50. The number of hydrogen-bond acceptors (Lipinski definition) is 4. The Morgan fingerprint density at radius 3 is 2.71 bits per heavy atom. The molecule has 7 heteroatoms. The van der Waals surface area contributed by atoms with Crippen LogP contribution in [0.25, 0.3) is 11.3 Å². The number of aryl methyl sites for hydroxylation is 1. The summed E-state index contributed by atoms with van der Waals surface area (Å²) in [5.41, 5.74) is -0.0922. The minimum atomic E-state index is -0.928. The van der Waals surface area contributed by atoms with E-state index >= 15 is 0 Å². The van der Waals surface area contributed by atoms with Gasteiger partial charge in [0.05, 0.1) is 10.6 Å². The number of nitrogens with zero attached hydrogens (tertiary/aromatic N) is 4. The SMILES string of the molecule is [CH2]c1nn(C)nc1-c1cccc([N+](=O)[O-])c1F. The summed E-state index contributed by atoms with van der Waals surface area (Å²) in [4.78, 5) is 11.1. The summed E-state index contributed by atoms with van der Waals surface area (Å²) in [5, 5.41) is 18.4. The van der Waals surface area contributed by atoms with Gasteiger partial charge < -0.3 is 0 Å². The van der Waals surface area contributed by atoms with Gasteiger partial charge in [-0.1, -0.05) is 6.07 Å². The van der Waals surface area contributed by atoms with E-state index in [4.69, 9.17) is 0 Å². The van der Waals surface area contributed by atoms with Gasteiger partial charge in [0.25, 0.3) is 0 Å². The molecule has 0 unspecified atom stereocenters. The molecule has 0 saturated carbocycles. The summed E-state index contributed by atoms with van der Waals surface area (Å²) >= 11 is 0. The molecule has 0 amide bonds. The van der Waals surface area contributed by atoms with Crippen molar-refractivity contribution in [1.29, 1.82) is 0 Å². The number of rotatable bonds is 2. The summed E-state index contributed by atoms with van der Waals surface area (Å²) in [7, 11) is 1.56. The highest BCUT2D eigenvalue weighted by molar-refractivity contribution is 5.65. The van der Waals surface area contributed by atoms with E-state index in [2.05, 4.69) is 17.1 Å². The first-order valence-electron chi connectivity index (χ1n) is 4.67. The van der Waals surface area contributed by atoms with Gasteiger partial charge in [-0.15, -0.1) is 0 Å². The van der Waals surface area contributed by atoms with Crippen LogP contribution in [0.3, 0.4) is 0 Å². The fraction of sp³-hybridized carbons (Fsp3) is 0.100. The normalized spacial score (nSPS) is 10.5. The largest absolute Gasteiger partial charge is 0.305 e. The first-order valence-corrected chi connectivity index (χ1v) is 4.67. The van der Waals surface area contributed by atoms with Crippen LogP contribution in [0.1, 0.15) is 5.69 Å². The van der Waals surface area contributed by atoms with Gasteiger partial charge in [-0.2, -0.15) is 19.4 Å². The predicted octanol–water partition coefficient (Wildman–Crippen LogP) is 1.71. The van der Waals surface area contributed by atoms with E-state index in [-0.39, 0.29) is 17.0 Å². The average molecular weight is 235 g/mol. The van der Waals surface area contributed by atoms with Gasteiger partial charge in [0.15, 0.2) is 0 Å². The molecule has 1 heterocycles. The van der Waals surface area contributed by atoms with Crippen molar-refractivity contribution in [2.45, 2.75) is 0 Å². The van der Waals surface area contributed by atoms with Gasteiger partial charge in [0.1, 0.15) is 5.69 Å². The van der Waals surface area contributed by atoms with E-state index < -0.39 is 16.4 Å². The first kappa shape index (κ1) is 11.2. The third-order valence-electron chi connectivity index (χ3n) is 2.21. The van der Waals surface area contributed by atoms with Crippen LogP contribution in [0.4, 0.5) is 10.1 Å². The zero-order valence-electron chi connectivity index (χ0n) is 8.92. The number of nitro benzene ring substituents is 1. The molecule has 0 N–H and O–H groups in total. The van der Waals surface area contributed by atoms with Crippen molar-refractivity contribution in [2.24, 2.45) is 7.05 Å². The van der Waals surface area contributed by atoms with Crippen molar-refractivity contribution in [3.8, 4) is 11.3 Å². The zero-order valence-corrected chi connectivity index (χ0v) is 8.92. The predicted molar refractivity (Wildman–Crippen MR) is 57.5 cm³/mol. The van der Waals surface area contributed by atoms with Crippen molar-refractivity contribution in [1.82, 2.24) is 15.0 Å². The van der Waals surface area contributed by atoms with Crippen molar-refractivity contribution in [3.63, 3.8) is 0 Å². The lowest BCUT2D eigenvalue weighted by atomic mass is 10.1. The molecule has 0 bridgehead atoms. The highest BCUT2D eigenvalue weighted by Crippen LogP contribution is 2.28. The molecular formula is C10H8FN4O2. The van der Waals surface area contributed by atoms with E-state index in [0.717, 1.165) is 6.07 Å². The molecular weight excluding hydrogens is 227 g/mol. The maximum absolute atomic E-state index is 13.9. The van der Waals surface area contributed by atoms with Crippen LogP contribution in [0.2, 0.25) is 0 Å². The Morgan fingerprint density at radius 1 is 1.47 bits per heavy atom. The smallest absolute Gasteiger partial charge is 0.258 e. The Bertz CT molecular complexity index is 594. The van der Waals surface area contributed by atoms with Gasteiger partial charge in [-0.25, -0.2) is 0 Å². The Kier molecular flexibility index (Phi) is 2.58. The molecule has 2 aromatic rings. The number of halogens is 1. The summed E-state index contributed by atoms with van der Waals surface area (Å²) in [5.74, 6) is -0.928. The molecule has 0 spiro atoms. The van der Waals surface area contributed by atoms with Crippen molar-refractivity contribution < 1.29 is 9.31 Å². The average Bonchev–Trinajstić information content (AvgIpc) is 2.57. The lowest BCUT2D eigenvalue weighted by Gasteiger charge is -2.00. The quantitative estimate of drug-likeness (QED) is 0.586. The molecule has 1 radical (unpaired) electrons. The van der Waals surface area contributed by atoms with E-state index in [9.17, 15) is 14.5 Å². The molecule has 0 aliphatic rings. The summed E-state index contributed by atoms with van der Waals surface area (Å²) in [6, 6.07) is 3.89. The van der Waals surface area contributed by atoms with E-state index in [1.807, 2.05) is 0 Å². The standard InChI is InChI=1S/C10H8FN4O2/c1-6-10(13-14(2)12-6)7-4-3-5-8(9(7)11)15(16)17/h3-5H,1H2,2H3. The summed E-state index contributed by atoms with van der Waals surface area (Å²) < 4.78 is 13.9. The monoisotopic (exact) mass is 235 g/mol. The van der Waals surface area contributed by atoms with Gasteiger partial charge in [0, 0.05) is 18.7 Å². The number of benzene rings is 1. The van der Waals surface area contributed by atoms with Crippen LogP contribution in [0.5, 0.6) is 0 Å². The zero-order chi connectivity index (χ0) is 12.6. The van der Waals surface area contributed by atoms with Crippen molar-refractivity contribution >= 4 is 5.69 Å². The molecule has 17 heavy (non-hydrogen) atoms. The van der Waals surface area contributed by atoms with Crippen LogP contribution in [0.15, 0.2) is 18.2 Å². The van der Waals surface area contributed by atoms with Gasteiger partial charge in [0.2, 0.25) is 5.82 Å². The number of nitro groups is 1. The van der Waals surface area contributed by atoms with Gasteiger partial charge in [-0.3, -0.25) is 10.1 Å². The molecule has 6 nitrogen and oxygen atoms in total. The second-order valence-corrected chi connectivity index (χ2v) is 3.38. The number of aromatic nitrogens is 3. The Hall–Kier alpha value is -2.31. The summed E-state index contributed by atoms with van der Waals surface area (Å²) in [6.45, 7) is 3.60. The van der Waals surface area contributed by atoms with E-state index in [1.54, 1.807) is 7.05 Å². The minimum absolute atomic E-state index is 0.0253. The maximum atomic E-state index is 13.9. The Morgan fingerprint density at radius 2 is 2.18 bits per heavy atom. The third kappa shape index (κ3) is 1.86. The summed E-state index contributed by atoms with van der Waals surface area (Å²) in [6.07, 6.45) is 0. The Labute approximate surface area is 95.8 Å². The second kappa shape index (κ2) is 3.93. The van der Waals surface area contributed by atoms with Gasteiger partial charge in [-0.05, 0) is 13.0 Å². The maximum Gasteiger partial charge on any atom is 0.305 e. The van der Waals surface area contributed by atoms with Crippen LogP contribution < -0.4 is 0 Å². The molecule has 1 aromatic carbocycles. The lowest BCUT2D eigenvalue weighted by Crippen LogP contribution is -1.96. The van der Waals surface area contributed by atoms with E-state index in [1.165, 1.54) is 16.9 Å². The lowest BCUT2D eigenvalue weighted by molar-refractivity contribution is -0.387. The van der Waals surface area contributed by atoms with Gasteiger partial charge >= 0.3 is 5.69 Å². The highest BCUT2D eigenvalue weighted by atomic mass is 19.1. The highest BCUT2D eigenvalue weighted by Gasteiger charge is 2.21. The Balaban J connectivity index is 2.64. The van der Waals surface area contributed by atoms with E-state index in [0.29, 0.717) is 0 Å². The fourth-order valence-electron chi connectivity index (χ4n) is 1.50. The molecule has 87 valence electrons. The molecule has 0 saturated heterocycles. The van der Waals surface area contributed by atoms with Crippen LogP contribution in [0, 0.1) is 22.9 Å². The van der Waals surface area contributed by atoms with Crippen LogP contribution in [-0.4, -0.2) is 19.9 Å². The number of hydrogen-bond donors (Lipinski definition) is 0. The minimum Gasteiger partial charge on any atom is -0.258 e. The molecule has 0 aliphatic carbocycles. The van der Waals surface area contributed by atoms with Crippen molar-refractivity contribution in [3.05, 3.63) is 46.7 Å². The topological polar surface area (TPSA) is 73.8 Å². The molecule has 0 aliphatic heterocycles. The molecule has 2 rings (SSSR count).